The first-order chi connectivity index (χ1) is 19.3. The van der Waals surface area contributed by atoms with Crippen LogP contribution in [0.15, 0.2) is 24.3 Å². The number of carbonyl (C=O) groups excluding carboxylic acids is 6. The fourth-order valence-electron chi connectivity index (χ4n) is 3.59. The van der Waals surface area contributed by atoms with Gasteiger partial charge in [0.2, 0.25) is 29.5 Å². The number of nitrogens with zero attached hydrogens (tertiary/aromatic N) is 1. The van der Waals surface area contributed by atoms with Crippen LogP contribution in [-0.4, -0.2) is 102 Å². The van der Waals surface area contributed by atoms with Crippen molar-refractivity contribution >= 4 is 47.6 Å². The number of hydrogen-bond donors (Lipinski definition) is 6. The Morgan fingerprint density at radius 2 is 1.66 bits per heavy atom. The molecule has 228 valence electrons. The predicted molar refractivity (Wildman–Crippen MR) is 156 cm³/mol. The lowest BCUT2D eigenvalue weighted by molar-refractivity contribution is -0.132. The molecular formula is C27H42N6O7S. The van der Waals surface area contributed by atoms with Crippen LogP contribution >= 0.6 is 11.8 Å². The van der Waals surface area contributed by atoms with Crippen molar-refractivity contribution in [2.24, 2.45) is 11.7 Å². The Morgan fingerprint density at radius 3 is 2.22 bits per heavy atom. The van der Waals surface area contributed by atoms with Gasteiger partial charge in [-0.2, -0.15) is 0 Å². The molecule has 13 nitrogen and oxygen atoms in total. The van der Waals surface area contributed by atoms with Crippen molar-refractivity contribution < 1.29 is 33.9 Å². The second-order valence-electron chi connectivity index (χ2n) is 10.0. The van der Waals surface area contributed by atoms with Crippen LogP contribution in [-0.2, 0) is 35.2 Å². The molecule has 0 spiro atoms. The number of nitrogens with two attached hydrogens (primary N) is 1. The van der Waals surface area contributed by atoms with Crippen LogP contribution in [0.5, 0.6) is 5.75 Å². The number of carbonyl (C=O) groups is 6. The van der Waals surface area contributed by atoms with Crippen molar-refractivity contribution in [3.63, 3.8) is 0 Å². The number of aldehydes is 1. The van der Waals surface area contributed by atoms with E-state index in [9.17, 15) is 33.9 Å². The minimum atomic E-state index is -1.14. The van der Waals surface area contributed by atoms with Crippen molar-refractivity contribution in [3.8, 4) is 5.75 Å². The van der Waals surface area contributed by atoms with Crippen molar-refractivity contribution in [2.45, 2.75) is 51.7 Å². The summed E-state index contributed by atoms with van der Waals surface area (Å²) in [6.45, 7) is 5.98. The Morgan fingerprint density at radius 1 is 1.00 bits per heavy atom. The van der Waals surface area contributed by atoms with E-state index in [4.69, 9.17) is 5.73 Å². The summed E-state index contributed by atoms with van der Waals surface area (Å²) >= 11 is 1.04. The highest BCUT2D eigenvalue weighted by Crippen LogP contribution is 2.12. The standard InChI is InChI=1S/C27H42N6O7S/c1-5-33(4)13-24(37)31-21(10-17(2)3)27(40)32-22(26(39)29-12-23(28)36)15-41-16-25(38)30-19(14-34)11-18-6-8-20(35)9-7-18/h6-9,14,17,19,21-22,35H,5,10-13,15-16H2,1-4H3,(H2,28,36)(H,29,39)(H,30,38)(H,31,37)(H,32,40)/t19-,21-,22?/m0/s1. The number of primary amides is 1. The Hall–Kier alpha value is -3.65. The van der Waals surface area contributed by atoms with Crippen LogP contribution < -0.4 is 27.0 Å². The van der Waals surface area contributed by atoms with Crippen molar-refractivity contribution in [2.75, 3.05) is 38.2 Å². The molecule has 41 heavy (non-hydrogen) atoms. The normalized spacial score (nSPS) is 13.1. The summed E-state index contributed by atoms with van der Waals surface area (Å²) < 4.78 is 0. The average molecular weight is 595 g/mol. The molecule has 0 aliphatic heterocycles. The third kappa shape index (κ3) is 15.1. The molecule has 0 aliphatic carbocycles. The molecule has 3 atom stereocenters. The van der Waals surface area contributed by atoms with E-state index in [0.717, 1.165) is 17.3 Å². The molecule has 0 aromatic heterocycles. The van der Waals surface area contributed by atoms with Crippen molar-refractivity contribution in [1.82, 2.24) is 26.2 Å². The van der Waals surface area contributed by atoms with Gasteiger partial charge in [0.25, 0.3) is 0 Å². The quantitative estimate of drug-likeness (QED) is 0.108. The van der Waals surface area contributed by atoms with E-state index in [2.05, 4.69) is 21.3 Å². The van der Waals surface area contributed by atoms with E-state index in [1.807, 2.05) is 20.8 Å². The zero-order valence-electron chi connectivity index (χ0n) is 24.0. The highest BCUT2D eigenvalue weighted by Gasteiger charge is 2.28. The maximum absolute atomic E-state index is 13.1. The summed E-state index contributed by atoms with van der Waals surface area (Å²) in [6.07, 6.45) is 1.16. The first-order valence-electron chi connectivity index (χ1n) is 13.3. The lowest BCUT2D eigenvalue weighted by Gasteiger charge is -2.25. The van der Waals surface area contributed by atoms with Gasteiger partial charge in [-0.15, -0.1) is 11.8 Å². The lowest BCUT2D eigenvalue weighted by Crippen LogP contribution is -2.56. The Kier molecular flexibility index (Phi) is 16.1. The summed E-state index contributed by atoms with van der Waals surface area (Å²) in [4.78, 5) is 75.3. The van der Waals surface area contributed by atoms with E-state index >= 15 is 0 Å². The molecule has 0 saturated carbocycles. The van der Waals surface area contributed by atoms with Crippen molar-refractivity contribution in [1.29, 1.82) is 0 Å². The second-order valence-corrected chi connectivity index (χ2v) is 11.1. The van der Waals surface area contributed by atoms with Crippen LogP contribution in [0.25, 0.3) is 0 Å². The summed E-state index contributed by atoms with van der Waals surface area (Å²) in [6, 6.07) is 3.41. The number of hydrogen-bond acceptors (Lipinski definition) is 9. The molecule has 7 N–H and O–H groups in total. The van der Waals surface area contributed by atoms with E-state index in [1.54, 1.807) is 24.1 Å². The molecule has 1 rings (SSSR count). The largest absolute Gasteiger partial charge is 0.508 e. The summed E-state index contributed by atoms with van der Waals surface area (Å²) in [5, 5.41) is 19.7. The van der Waals surface area contributed by atoms with E-state index in [0.29, 0.717) is 19.3 Å². The zero-order chi connectivity index (χ0) is 30.9. The van der Waals surface area contributed by atoms with Gasteiger partial charge >= 0.3 is 0 Å². The Bertz CT molecular complexity index is 1040. The number of phenols is 1. The second kappa shape index (κ2) is 18.7. The van der Waals surface area contributed by atoms with Crippen LogP contribution in [0.1, 0.15) is 32.8 Å². The Balaban J connectivity index is 2.83. The molecule has 0 radical (unpaired) electrons. The number of amides is 5. The van der Waals surface area contributed by atoms with Gasteiger partial charge in [-0.25, -0.2) is 0 Å². The smallest absolute Gasteiger partial charge is 0.243 e. The average Bonchev–Trinajstić information content (AvgIpc) is 2.90. The SMILES string of the molecule is CCN(C)CC(=O)N[C@@H](CC(C)C)C(=O)NC(CSCC(=O)N[C@H](C=O)Cc1ccc(O)cc1)C(=O)NCC(N)=O. The maximum atomic E-state index is 13.1. The third-order valence-electron chi connectivity index (χ3n) is 5.80. The summed E-state index contributed by atoms with van der Waals surface area (Å²) in [5.74, 6) is -2.84. The highest BCUT2D eigenvalue weighted by atomic mass is 32.2. The molecule has 0 heterocycles. The number of thioether (sulfide) groups is 1. The molecule has 14 heteroatoms. The highest BCUT2D eigenvalue weighted by molar-refractivity contribution is 8.00. The number of likely N-dealkylation sites (N-methyl/N-ethyl adjacent to an activating group) is 1. The van der Waals surface area contributed by atoms with Crippen LogP contribution in [0.4, 0.5) is 0 Å². The maximum Gasteiger partial charge on any atom is 0.243 e. The lowest BCUT2D eigenvalue weighted by atomic mass is 10.0. The predicted octanol–water partition coefficient (Wildman–Crippen LogP) is -1.08. The van der Waals surface area contributed by atoms with Crippen LogP contribution in [0.2, 0.25) is 0 Å². The number of rotatable bonds is 19. The minimum Gasteiger partial charge on any atom is -0.508 e. The van der Waals surface area contributed by atoms with Gasteiger partial charge in [-0.1, -0.05) is 32.9 Å². The molecule has 1 aromatic carbocycles. The minimum absolute atomic E-state index is 0.0333. The summed E-state index contributed by atoms with van der Waals surface area (Å²) in [7, 11) is 1.77. The first-order valence-corrected chi connectivity index (χ1v) is 14.4. The molecule has 0 saturated heterocycles. The molecular weight excluding hydrogens is 552 g/mol. The third-order valence-corrected chi connectivity index (χ3v) is 6.84. The number of aromatic hydroxyl groups is 1. The van der Waals surface area contributed by atoms with Crippen LogP contribution in [0.3, 0.4) is 0 Å². The molecule has 0 bridgehead atoms. The molecule has 1 unspecified atom stereocenters. The fraction of sp³-hybridized carbons (Fsp3) is 0.556. The zero-order valence-corrected chi connectivity index (χ0v) is 24.8. The van der Waals surface area contributed by atoms with Crippen LogP contribution in [0, 0.1) is 5.92 Å². The van der Waals surface area contributed by atoms with Gasteiger partial charge in [0.05, 0.1) is 24.9 Å². The van der Waals surface area contributed by atoms with E-state index in [-0.39, 0.29) is 42.0 Å². The van der Waals surface area contributed by atoms with Gasteiger partial charge in [-0.3, -0.25) is 28.9 Å². The van der Waals surface area contributed by atoms with Gasteiger partial charge < -0.3 is 36.9 Å². The number of phenolic OH excluding ortho intramolecular Hbond substituents is 1. The van der Waals surface area contributed by atoms with Crippen molar-refractivity contribution in [3.05, 3.63) is 29.8 Å². The van der Waals surface area contributed by atoms with E-state index < -0.39 is 48.3 Å². The van der Waals surface area contributed by atoms with Gasteiger partial charge in [-0.05, 0) is 50.0 Å². The fourth-order valence-corrected chi connectivity index (χ4v) is 4.45. The van der Waals surface area contributed by atoms with E-state index in [1.165, 1.54) is 12.1 Å². The summed E-state index contributed by atoms with van der Waals surface area (Å²) in [5.41, 5.74) is 5.86. The number of benzene rings is 1. The van der Waals surface area contributed by atoms with Gasteiger partial charge in [0, 0.05) is 5.75 Å². The van der Waals surface area contributed by atoms with Gasteiger partial charge in [0.1, 0.15) is 24.1 Å². The topological polar surface area (TPSA) is 200 Å². The first kappa shape index (κ1) is 35.4. The monoisotopic (exact) mass is 594 g/mol. The molecule has 5 amide bonds. The molecule has 0 fully saturated rings. The number of nitrogens with one attached hydrogen (secondary N) is 4. The Labute approximate surface area is 244 Å². The molecule has 1 aromatic rings. The van der Waals surface area contributed by atoms with Gasteiger partial charge in [0.15, 0.2) is 0 Å². The molecule has 0 aliphatic rings.